The van der Waals surface area contributed by atoms with Gasteiger partial charge in [0.05, 0.1) is 7.11 Å². The second-order valence-electron chi connectivity index (χ2n) is 4.48. The Morgan fingerprint density at radius 2 is 1.76 bits per heavy atom. The summed E-state index contributed by atoms with van der Waals surface area (Å²) in [5.41, 5.74) is 1.14. The highest BCUT2D eigenvalue weighted by Crippen LogP contribution is 2.28. The molecule has 1 aliphatic rings. The van der Waals surface area contributed by atoms with Crippen LogP contribution in [0, 0.1) is 0 Å². The molecular weight excluding hydrogens is 224 g/mol. The zero-order valence-electron chi connectivity index (χ0n) is 9.96. The molecule has 0 radical (unpaired) electrons. The number of halogens is 2. The predicted molar refractivity (Wildman–Crippen MR) is 62.5 cm³/mol. The fourth-order valence-electron chi connectivity index (χ4n) is 2.03. The van der Waals surface area contributed by atoms with Crippen molar-refractivity contribution < 1.29 is 13.5 Å². The monoisotopic (exact) mass is 241 g/mol. The first-order valence-electron chi connectivity index (χ1n) is 5.82. The third-order valence-electron chi connectivity index (χ3n) is 3.15. The van der Waals surface area contributed by atoms with Crippen molar-refractivity contribution >= 4 is 0 Å². The fraction of sp³-hybridized carbons (Fsp3) is 0.538. The molecular formula is C13H17F2NO. The molecule has 1 aromatic carbocycles. The number of benzene rings is 1. The van der Waals surface area contributed by atoms with Gasteiger partial charge in [-0.2, -0.15) is 0 Å². The van der Waals surface area contributed by atoms with Crippen molar-refractivity contribution in [3.8, 4) is 5.75 Å². The average molecular weight is 241 g/mol. The van der Waals surface area contributed by atoms with E-state index in [9.17, 15) is 8.78 Å². The van der Waals surface area contributed by atoms with Crippen LogP contribution in [0.15, 0.2) is 24.3 Å². The molecule has 0 saturated carbocycles. The third kappa shape index (κ3) is 3.40. The predicted octanol–water partition coefficient (Wildman–Crippen LogP) is 2.93. The molecule has 0 unspecified atom stereocenters. The van der Waals surface area contributed by atoms with Crippen LogP contribution in [-0.4, -0.2) is 31.0 Å². The van der Waals surface area contributed by atoms with E-state index in [1.807, 2.05) is 24.3 Å². The Balaban J connectivity index is 1.89. The molecule has 0 aliphatic carbocycles. The Kier molecular flexibility index (Phi) is 3.62. The molecule has 1 aliphatic heterocycles. The highest BCUT2D eigenvalue weighted by molar-refractivity contribution is 5.27. The van der Waals surface area contributed by atoms with Crippen LogP contribution in [-0.2, 0) is 6.54 Å². The number of rotatable bonds is 3. The van der Waals surface area contributed by atoms with Crippen LogP contribution in [0.5, 0.6) is 5.75 Å². The Hall–Kier alpha value is -1.16. The maximum absolute atomic E-state index is 13.0. The van der Waals surface area contributed by atoms with Gasteiger partial charge in [-0.25, -0.2) is 8.78 Å². The van der Waals surface area contributed by atoms with Crippen molar-refractivity contribution in [3.05, 3.63) is 29.8 Å². The Labute approximate surface area is 100 Å². The number of likely N-dealkylation sites (tertiary alicyclic amines) is 1. The number of ether oxygens (including phenoxy) is 1. The minimum atomic E-state index is -2.46. The summed E-state index contributed by atoms with van der Waals surface area (Å²) in [4.78, 5) is 2.07. The van der Waals surface area contributed by atoms with E-state index >= 15 is 0 Å². The highest BCUT2D eigenvalue weighted by Gasteiger charge is 2.33. The zero-order valence-corrected chi connectivity index (χ0v) is 9.96. The van der Waals surface area contributed by atoms with Gasteiger partial charge in [-0.3, -0.25) is 4.90 Å². The van der Waals surface area contributed by atoms with E-state index in [2.05, 4.69) is 4.90 Å². The van der Waals surface area contributed by atoms with Crippen molar-refractivity contribution in [2.24, 2.45) is 0 Å². The van der Waals surface area contributed by atoms with Gasteiger partial charge >= 0.3 is 0 Å². The van der Waals surface area contributed by atoms with Crippen molar-refractivity contribution in [3.63, 3.8) is 0 Å². The van der Waals surface area contributed by atoms with Gasteiger partial charge in [-0.05, 0) is 17.7 Å². The topological polar surface area (TPSA) is 12.5 Å². The largest absolute Gasteiger partial charge is 0.497 e. The van der Waals surface area contributed by atoms with E-state index in [0.717, 1.165) is 17.9 Å². The summed E-state index contributed by atoms with van der Waals surface area (Å²) in [6, 6.07) is 7.75. The highest BCUT2D eigenvalue weighted by atomic mass is 19.3. The molecule has 0 aromatic heterocycles. The summed E-state index contributed by atoms with van der Waals surface area (Å²) in [5.74, 6) is -1.64. The van der Waals surface area contributed by atoms with E-state index in [0.29, 0.717) is 13.1 Å². The summed E-state index contributed by atoms with van der Waals surface area (Å²) in [5, 5.41) is 0. The molecule has 0 N–H and O–H groups in total. The molecule has 0 spiro atoms. The molecule has 1 saturated heterocycles. The van der Waals surface area contributed by atoms with Gasteiger partial charge in [0.1, 0.15) is 5.75 Å². The van der Waals surface area contributed by atoms with E-state index in [-0.39, 0.29) is 12.8 Å². The van der Waals surface area contributed by atoms with Crippen LogP contribution >= 0.6 is 0 Å². The molecule has 17 heavy (non-hydrogen) atoms. The minimum absolute atomic E-state index is 0.0246. The Morgan fingerprint density at radius 3 is 2.29 bits per heavy atom. The average Bonchev–Trinajstić information content (AvgIpc) is 2.33. The fourth-order valence-corrected chi connectivity index (χ4v) is 2.03. The van der Waals surface area contributed by atoms with E-state index in [1.165, 1.54) is 0 Å². The third-order valence-corrected chi connectivity index (χ3v) is 3.15. The van der Waals surface area contributed by atoms with Gasteiger partial charge in [0.15, 0.2) is 0 Å². The van der Waals surface area contributed by atoms with Crippen molar-refractivity contribution in [1.82, 2.24) is 4.90 Å². The Morgan fingerprint density at radius 1 is 1.18 bits per heavy atom. The minimum Gasteiger partial charge on any atom is -0.497 e. The van der Waals surface area contributed by atoms with E-state index in [4.69, 9.17) is 4.74 Å². The normalized spacial score (nSPS) is 20.2. The zero-order chi connectivity index (χ0) is 12.3. The van der Waals surface area contributed by atoms with Gasteiger partial charge in [0, 0.05) is 32.5 Å². The smallest absolute Gasteiger partial charge is 0.250 e. The number of nitrogens with zero attached hydrogens (tertiary/aromatic N) is 1. The van der Waals surface area contributed by atoms with Crippen molar-refractivity contribution in [2.45, 2.75) is 25.3 Å². The van der Waals surface area contributed by atoms with Crippen molar-refractivity contribution in [1.29, 1.82) is 0 Å². The lowest BCUT2D eigenvalue weighted by Gasteiger charge is -2.31. The van der Waals surface area contributed by atoms with Crippen LogP contribution < -0.4 is 4.74 Å². The summed E-state index contributed by atoms with van der Waals surface area (Å²) in [6.45, 7) is 1.68. The lowest BCUT2D eigenvalue weighted by molar-refractivity contribution is -0.0566. The molecule has 4 heteroatoms. The first-order valence-corrected chi connectivity index (χ1v) is 5.82. The number of hydrogen-bond donors (Lipinski definition) is 0. The van der Waals surface area contributed by atoms with Crippen LogP contribution in [0.25, 0.3) is 0 Å². The van der Waals surface area contributed by atoms with Gasteiger partial charge in [0.2, 0.25) is 0 Å². The maximum Gasteiger partial charge on any atom is 0.250 e. The van der Waals surface area contributed by atoms with Crippen LogP contribution in [0.2, 0.25) is 0 Å². The molecule has 2 nitrogen and oxygen atoms in total. The lowest BCUT2D eigenvalue weighted by Crippen LogP contribution is -2.38. The first-order chi connectivity index (χ1) is 8.09. The SMILES string of the molecule is COc1ccc(CN2CCC(F)(F)CC2)cc1. The quantitative estimate of drug-likeness (QED) is 0.806. The van der Waals surface area contributed by atoms with Crippen molar-refractivity contribution in [2.75, 3.05) is 20.2 Å². The first kappa shape index (κ1) is 12.3. The second-order valence-corrected chi connectivity index (χ2v) is 4.48. The lowest BCUT2D eigenvalue weighted by atomic mass is 10.1. The van der Waals surface area contributed by atoms with Crippen LogP contribution in [0.1, 0.15) is 18.4 Å². The summed E-state index contributed by atoms with van der Waals surface area (Å²) in [6.07, 6.45) is -0.0493. The standard InChI is InChI=1S/C13H17F2NO/c1-17-12-4-2-11(3-5-12)10-16-8-6-13(14,15)7-9-16/h2-5H,6-10H2,1H3. The van der Waals surface area contributed by atoms with E-state index < -0.39 is 5.92 Å². The molecule has 94 valence electrons. The van der Waals surface area contributed by atoms with E-state index in [1.54, 1.807) is 7.11 Å². The molecule has 1 aromatic rings. The number of methoxy groups -OCH3 is 1. The number of hydrogen-bond acceptors (Lipinski definition) is 2. The summed E-state index contributed by atoms with van der Waals surface area (Å²) in [7, 11) is 1.63. The molecule has 1 fully saturated rings. The molecule has 0 bridgehead atoms. The Bertz CT molecular complexity index is 354. The van der Waals surface area contributed by atoms with Crippen LogP contribution in [0.4, 0.5) is 8.78 Å². The van der Waals surface area contributed by atoms with Gasteiger partial charge in [-0.1, -0.05) is 12.1 Å². The molecule has 2 rings (SSSR count). The van der Waals surface area contributed by atoms with Crippen LogP contribution in [0.3, 0.4) is 0 Å². The van der Waals surface area contributed by atoms with Gasteiger partial charge in [0.25, 0.3) is 5.92 Å². The summed E-state index contributed by atoms with van der Waals surface area (Å²) < 4.78 is 31.0. The second kappa shape index (κ2) is 5.00. The van der Waals surface area contributed by atoms with Gasteiger partial charge < -0.3 is 4.74 Å². The number of alkyl halides is 2. The maximum atomic E-state index is 13.0. The summed E-state index contributed by atoms with van der Waals surface area (Å²) >= 11 is 0. The molecule has 1 heterocycles. The molecule has 0 amide bonds. The molecule has 0 atom stereocenters. The van der Waals surface area contributed by atoms with Gasteiger partial charge in [-0.15, -0.1) is 0 Å². The number of piperidine rings is 1.